The van der Waals surface area contributed by atoms with Crippen LogP contribution in [-0.4, -0.2) is 63.0 Å². The minimum atomic E-state index is -0.337. The molecule has 7 heteroatoms. The Kier molecular flexibility index (Phi) is 7.98. The van der Waals surface area contributed by atoms with E-state index in [1.54, 1.807) is 17.0 Å². The fourth-order valence-corrected chi connectivity index (χ4v) is 3.32. The van der Waals surface area contributed by atoms with Crippen LogP contribution in [0.2, 0.25) is 0 Å². The molecule has 1 fully saturated rings. The Morgan fingerprint density at radius 3 is 2.52 bits per heavy atom. The third kappa shape index (κ3) is 6.25. The van der Waals surface area contributed by atoms with Crippen molar-refractivity contribution >= 4 is 17.4 Å². The zero-order valence-corrected chi connectivity index (χ0v) is 16.7. The van der Waals surface area contributed by atoms with Crippen LogP contribution < -0.4 is 10.2 Å². The van der Waals surface area contributed by atoms with E-state index in [0.717, 1.165) is 13.1 Å². The van der Waals surface area contributed by atoms with E-state index in [9.17, 15) is 9.18 Å². The summed E-state index contributed by atoms with van der Waals surface area (Å²) in [7, 11) is 0. The van der Waals surface area contributed by atoms with E-state index in [-0.39, 0.29) is 17.9 Å². The van der Waals surface area contributed by atoms with Gasteiger partial charge in [-0.25, -0.2) is 9.18 Å². The van der Waals surface area contributed by atoms with Crippen molar-refractivity contribution in [1.82, 2.24) is 4.90 Å². The van der Waals surface area contributed by atoms with Gasteiger partial charge in [0.1, 0.15) is 5.82 Å². The number of hydrogen-bond donors (Lipinski definition) is 1. The third-order valence-corrected chi connectivity index (χ3v) is 4.88. The van der Waals surface area contributed by atoms with Gasteiger partial charge in [0.25, 0.3) is 0 Å². The van der Waals surface area contributed by atoms with Gasteiger partial charge in [-0.2, -0.15) is 0 Å². The summed E-state index contributed by atoms with van der Waals surface area (Å²) < 4.78 is 24.6. The first kappa shape index (κ1) is 21.2. The van der Waals surface area contributed by atoms with Crippen LogP contribution in [0.15, 0.2) is 54.6 Å². The molecule has 1 saturated heterocycles. The molecule has 0 bridgehead atoms. The number of halogens is 1. The van der Waals surface area contributed by atoms with Crippen LogP contribution in [0.4, 0.5) is 20.6 Å². The first-order valence-corrected chi connectivity index (χ1v) is 9.96. The Hall–Kier alpha value is -2.48. The molecule has 0 aliphatic carbocycles. The van der Waals surface area contributed by atoms with Gasteiger partial charge in [0.15, 0.2) is 0 Å². The lowest BCUT2D eigenvalue weighted by Crippen LogP contribution is -2.52. The maximum absolute atomic E-state index is 13.5. The molecule has 0 saturated carbocycles. The van der Waals surface area contributed by atoms with E-state index in [4.69, 9.17) is 9.47 Å². The summed E-state index contributed by atoms with van der Waals surface area (Å²) in [5.74, 6) is -0.337. The molecule has 6 nitrogen and oxygen atoms in total. The second kappa shape index (κ2) is 10.9. The summed E-state index contributed by atoms with van der Waals surface area (Å²) in [5.41, 5.74) is 1.34. The SMILES string of the molecule is CCOCC(CN(C(=O)Nc1ccccc1)c1ccc(F)cc1)N1CCOCC1. The van der Waals surface area contributed by atoms with Crippen LogP contribution in [-0.2, 0) is 9.47 Å². The van der Waals surface area contributed by atoms with Crippen molar-refractivity contribution in [3.8, 4) is 0 Å². The summed E-state index contributed by atoms with van der Waals surface area (Å²) in [6.45, 7) is 6.39. The van der Waals surface area contributed by atoms with Crippen LogP contribution in [0, 0.1) is 5.82 Å². The Balaban J connectivity index is 1.81. The predicted molar refractivity (Wildman–Crippen MR) is 112 cm³/mol. The smallest absolute Gasteiger partial charge is 0.326 e. The molecular formula is C22H28FN3O3. The first-order valence-electron chi connectivity index (χ1n) is 9.96. The molecule has 1 N–H and O–H groups in total. The van der Waals surface area contributed by atoms with E-state index in [0.29, 0.717) is 44.3 Å². The monoisotopic (exact) mass is 401 g/mol. The van der Waals surface area contributed by atoms with E-state index in [1.807, 2.05) is 37.3 Å². The number of ether oxygens (including phenoxy) is 2. The highest BCUT2D eigenvalue weighted by molar-refractivity contribution is 6.01. The van der Waals surface area contributed by atoms with Gasteiger partial charge >= 0.3 is 6.03 Å². The average Bonchev–Trinajstić information content (AvgIpc) is 2.76. The van der Waals surface area contributed by atoms with Gasteiger partial charge in [-0.05, 0) is 43.3 Å². The molecule has 2 aromatic carbocycles. The molecule has 1 unspecified atom stereocenters. The number of para-hydroxylation sites is 1. The van der Waals surface area contributed by atoms with Crippen molar-refractivity contribution in [2.75, 3.05) is 56.3 Å². The van der Waals surface area contributed by atoms with Crippen LogP contribution in [0.25, 0.3) is 0 Å². The van der Waals surface area contributed by atoms with Gasteiger partial charge in [0.2, 0.25) is 0 Å². The van der Waals surface area contributed by atoms with Crippen LogP contribution >= 0.6 is 0 Å². The zero-order valence-electron chi connectivity index (χ0n) is 16.7. The van der Waals surface area contributed by atoms with Crippen LogP contribution in [0.1, 0.15) is 6.92 Å². The van der Waals surface area contributed by atoms with E-state index >= 15 is 0 Å². The number of anilines is 2. The Morgan fingerprint density at radius 2 is 1.86 bits per heavy atom. The maximum atomic E-state index is 13.5. The molecule has 29 heavy (non-hydrogen) atoms. The number of carbonyl (C=O) groups is 1. The number of benzene rings is 2. The summed E-state index contributed by atoms with van der Waals surface area (Å²) >= 11 is 0. The third-order valence-electron chi connectivity index (χ3n) is 4.88. The summed E-state index contributed by atoms with van der Waals surface area (Å²) in [4.78, 5) is 17.1. The molecule has 1 heterocycles. The maximum Gasteiger partial charge on any atom is 0.326 e. The van der Waals surface area contributed by atoms with Crippen LogP contribution in [0.5, 0.6) is 0 Å². The lowest BCUT2D eigenvalue weighted by Gasteiger charge is -2.37. The number of urea groups is 1. The highest BCUT2D eigenvalue weighted by Crippen LogP contribution is 2.19. The quantitative estimate of drug-likeness (QED) is 0.734. The highest BCUT2D eigenvalue weighted by atomic mass is 19.1. The van der Waals surface area contributed by atoms with Gasteiger partial charge in [-0.15, -0.1) is 0 Å². The molecule has 0 radical (unpaired) electrons. The molecule has 1 atom stereocenters. The summed E-state index contributed by atoms with van der Waals surface area (Å²) in [6, 6.07) is 15.0. The van der Waals surface area contributed by atoms with Crippen molar-refractivity contribution in [2.24, 2.45) is 0 Å². The number of nitrogens with one attached hydrogen (secondary N) is 1. The fraction of sp³-hybridized carbons (Fsp3) is 0.409. The van der Waals surface area contributed by atoms with Crippen molar-refractivity contribution < 1.29 is 18.7 Å². The number of rotatable bonds is 8. The van der Waals surface area contributed by atoms with E-state index in [1.165, 1.54) is 12.1 Å². The Bertz CT molecular complexity index is 752. The van der Waals surface area contributed by atoms with Crippen molar-refractivity contribution in [1.29, 1.82) is 0 Å². The van der Waals surface area contributed by atoms with Crippen molar-refractivity contribution in [3.63, 3.8) is 0 Å². The minimum absolute atomic E-state index is 0.00502. The second-order valence-electron chi connectivity index (χ2n) is 6.84. The standard InChI is InChI=1S/C22H28FN3O3/c1-2-28-17-21(25-12-14-29-15-13-25)16-26(20-10-8-18(23)9-11-20)22(27)24-19-6-4-3-5-7-19/h3-11,21H,2,12-17H2,1H3,(H,24,27). The molecule has 156 valence electrons. The van der Waals surface area contributed by atoms with Crippen molar-refractivity contribution in [2.45, 2.75) is 13.0 Å². The number of carbonyl (C=O) groups excluding carboxylic acids is 1. The minimum Gasteiger partial charge on any atom is -0.380 e. The first-order chi connectivity index (χ1) is 14.2. The second-order valence-corrected chi connectivity index (χ2v) is 6.84. The fourth-order valence-electron chi connectivity index (χ4n) is 3.32. The highest BCUT2D eigenvalue weighted by Gasteiger charge is 2.27. The van der Waals surface area contributed by atoms with Gasteiger partial charge in [0, 0.05) is 37.6 Å². The molecule has 2 aromatic rings. The Labute approximate surface area is 171 Å². The van der Waals surface area contributed by atoms with E-state index in [2.05, 4.69) is 10.2 Å². The molecule has 1 aliphatic rings. The number of morpholine rings is 1. The van der Waals surface area contributed by atoms with Crippen molar-refractivity contribution in [3.05, 3.63) is 60.4 Å². The number of nitrogens with zero attached hydrogens (tertiary/aromatic N) is 2. The molecule has 1 aliphatic heterocycles. The Morgan fingerprint density at radius 1 is 1.17 bits per heavy atom. The van der Waals surface area contributed by atoms with E-state index < -0.39 is 0 Å². The largest absolute Gasteiger partial charge is 0.380 e. The molecule has 0 aromatic heterocycles. The summed E-state index contributed by atoms with van der Waals surface area (Å²) in [5, 5.41) is 2.93. The van der Waals surface area contributed by atoms with Gasteiger partial charge in [-0.1, -0.05) is 18.2 Å². The lowest BCUT2D eigenvalue weighted by molar-refractivity contribution is -0.00635. The van der Waals surface area contributed by atoms with Gasteiger partial charge < -0.3 is 14.8 Å². The van der Waals surface area contributed by atoms with Gasteiger partial charge in [-0.3, -0.25) is 9.80 Å². The predicted octanol–water partition coefficient (Wildman–Crippen LogP) is 3.60. The molecule has 3 rings (SSSR count). The average molecular weight is 401 g/mol. The molecule has 2 amide bonds. The van der Waals surface area contributed by atoms with Crippen LogP contribution in [0.3, 0.4) is 0 Å². The summed E-state index contributed by atoms with van der Waals surface area (Å²) in [6.07, 6.45) is 0. The van der Waals surface area contributed by atoms with Gasteiger partial charge in [0.05, 0.1) is 25.9 Å². The normalized spacial score (nSPS) is 15.7. The topological polar surface area (TPSA) is 54.0 Å². The number of amides is 2. The molecule has 0 spiro atoms. The zero-order chi connectivity index (χ0) is 20.5. The number of hydrogen-bond acceptors (Lipinski definition) is 4. The molecular weight excluding hydrogens is 373 g/mol. The lowest BCUT2D eigenvalue weighted by atomic mass is 10.2.